The molecule has 0 bridgehead atoms. The Morgan fingerprint density at radius 3 is 2.68 bits per heavy atom. The van der Waals surface area contributed by atoms with Crippen LogP contribution in [0, 0.1) is 0 Å². The largest absolute Gasteiger partial charge is 0.593 e. The normalized spacial score (nSPS) is 14.5. The molecule has 0 saturated carbocycles. The van der Waals surface area contributed by atoms with Gasteiger partial charge in [-0.05, 0) is 42.7 Å². The molecule has 2 aromatic carbocycles. The third kappa shape index (κ3) is 5.19. The van der Waals surface area contributed by atoms with E-state index >= 15 is 0 Å². The second-order valence-electron chi connectivity index (χ2n) is 7.45. The smallest absolute Gasteiger partial charge is 0.228 e. The molecule has 1 fully saturated rings. The second-order valence-corrected chi connectivity index (χ2v) is 8.89. The quantitative estimate of drug-likeness (QED) is 0.545. The van der Waals surface area contributed by atoms with Crippen LogP contribution in [-0.2, 0) is 22.6 Å². The summed E-state index contributed by atoms with van der Waals surface area (Å²) in [6, 6.07) is 14.5. The first-order chi connectivity index (χ1) is 15.0. The Hall–Kier alpha value is -2.58. The van der Waals surface area contributed by atoms with E-state index in [-0.39, 0.29) is 12.3 Å². The molecule has 1 aliphatic rings. The first kappa shape index (κ1) is 21.6. The third-order valence-electron chi connectivity index (χ3n) is 5.30. The van der Waals surface area contributed by atoms with Crippen LogP contribution < -0.4 is 15.4 Å². The van der Waals surface area contributed by atoms with E-state index in [1.54, 1.807) is 24.4 Å². The molecule has 3 aromatic rings. The van der Waals surface area contributed by atoms with Crippen molar-refractivity contribution in [3.63, 3.8) is 0 Å². The summed E-state index contributed by atoms with van der Waals surface area (Å²) in [5.41, 5.74) is 3.88. The summed E-state index contributed by atoms with van der Waals surface area (Å²) in [5, 5.41) is 9.15. The van der Waals surface area contributed by atoms with E-state index in [0.717, 1.165) is 35.5 Å². The predicted molar refractivity (Wildman–Crippen MR) is 126 cm³/mol. The number of benzene rings is 2. The van der Waals surface area contributed by atoms with Crippen LogP contribution in [0.5, 0.6) is 0 Å². The number of anilines is 2. The van der Waals surface area contributed by atoms with Crippen LogP contribution in [0.2, 0.25) is 5.02 Å². The molecule has 1 amide bonds. The molecule has 0 radical (unpaired) electrons. The first-order valence-corrected chi connectivity index (χ1v) is 11.6. The molecule has 2 heterocycles. The Bertz CT molecular complexity index is 1090. The van der Waals surface area contributed by atoms with Crippen molar-refractivity contribution in [1.82, 2.24) is 4.98 Å². The van der Waals surface area contributed by atoms with Crippen LogP contribution in [0.4, 0.5) is 11.4 Å². The Kier molecular flexibility index (Phi) is 6.77. The summed E-state index contributed by atoms with van der Waals surface area (Å²) in [7, 11) is 0. The number of nitrogens with zero attached hydrogens (tertiary/aromatic N) is 2. The van der Waals surface area contributed by atoms with Crippen LogP contribution in [0.3, 0.4) is 0 Å². The fraction of sp³-hybridized carbons (Fsp3) is 0.217. The number of amides is 1. The van der Waals surface area contributed by atoms with Crippen molar-refractivity contribution in [1.29, 1.82) is 0 Å². The minimum Gasteiger partial charge on any atom is -0.593 e. The van der Waals surface area contributed by atoms with Gasteiger partial charge >= 0.3 is 0 Å². The molecule has 1 saturated heterocycles. The lowest BCUT2D eigenvalue weighted by molar-refractivity contribution is -0.115. The highest BCUT2D eigenvalue weighted by Gasteiger charge is 2.19. The zero-order chi connectivity index (χ0) is 21.8. The molecular formula is C23H23ClN4O2S. The van der Waals surface area contributed by atoms with Crippen LogP contribution in [0.25, 0.3) is 11.1 Å². The van der Waals surface area contributed by atoms with E-state index in [4.69, 9.17) is 16.7 Å². The van der Waals surface area contributed by atoms with Gasteiger partial charge in [-0.2, -0.15) is 0 Å². The van der Waals surface area contributed by atoms with Crippen molar-refractivity contribution >= 4 is 40.2 Å². The van der Waals surface area contributed by atoms with E-state index in [0.29, 0.717) is 15.6 Å². The highest BCUT2D eigenvalue weighted by molar-refractivity contribution is 7.89. The molecule has 1 unspecified atom stereocenters. The number of aromatic nitrogens is 1. The molecule has 8 heteroatoms. The van der Waals surface area contributed by atoms with Crippen LogP contribution >= 0.6 is 11.6 Å². The SMILES string of the molecule is N[S+]([O-])c1cc(NC(=O)Cc2ccccc2Cl)ccc1-c1cncc(N2CCCC2)c1. The van der Waals surface area contributed by atoms with Gasteiger partial charge in [-0.25, -0.2) is 0 Å². The molecular weight excluding hydrogens is 432 g/mol. The number of hydrogen-bond donors (Lipinski definition) is 2. The lowest BCUT2D eigenvalue weighted by atomic mass is 10.1. The number of pyridine rings is 1. The molecule has 31 heavy (non-hydrogen) atoms. The lowest BCUT2D eigenvalue weighted by Crippen LogP contribution is -2.18. The van der Waals surface area contributed by atoms with Gasteiger partial charge in [-0.3, -0.25) is 9.78 Å². The number of halogens is 1. The summed E-state index contributed by atoms with van der Waals surface area (Å²) < 4.78 is 12.3. The average Bonchev–Trinajstić information content (AvgIpc) is 3.30. The average molecular weight is 455 g/mol. The minimum atomic E-state index is -1.73. The number of carbonyl (C=O) groups is 1. The van der Waals surface area contributed by atoms with Gasteiger partial charge in [0.15, 0.2) is 4.90 Å². The monoisotopic (exact) mass is 454 g/mol. The molecule has 0 spiro atoms. The Morgan fingerprint density at radius 1 is 1.16 bits per heavy atom. The van der Waals surface area contributed by atoms with Crippen molar-refractivity contribution < 1.29 is 9.35 Å². The summed E-state index contributed by atoms with van der Waals surface area (Å²) >= 11 is 4.41. The zero-order valence-corrected chi connectivity index (χ0v) is 18.5. The topological polar surface area (TPSA) is 94.3 Å². The standard InChI is InChI=1S/C23H23ClN4O2S/c24-21-6-2-1-5-16(21)12-23(29)27-18-7-8-20(22(13-18)31(25)30)17-11-19(15-26-14-17)28-9-3-4-10-28/h1-2,5-8,11,13-15H,3-4,9-10,12,25H2,(H,27,29). The van der Waals surface area contributed by atoms with Crippen molar-refractivity contribution in [3.05, 3.63) is 71.5 Å². The molecule has 3 N–H and O–H groups in total. The molecule has 1 atom stereocenters. The summed E-state index contributed by atoms with van der Waals surface area (Å²) in [6.45, 7) is 2.02. The van der Waals surface area contributed by atoms with Crippen molar-refractivity contribution in [2.24, 2.45) is 5.14 Å². The van der Waals surface area contributed by atoms with Gasteiger partial charge in [-0.15, -0.1) is 5.14 Å². The maximum atomic E-state index is 12.5. The van der Waals surface area contributed by atoms with E-state index < -0.39 is 11.4 Å². The maximum absolute atomic E-state index is 12.5. The molecule has 160 valence electrons. The predicted octanol–water partition coefficient (Wildman–Crippen LogP) is 4.16. The van der Waals surface area contributed by atoms with Gasteiger partial charge in [-0.1, -0.05) is 29.8 Å². The van der Waals surface area contributed by atoms with E-state index in [2.05, 4.69) is 15.2 Å². The van der Waals surface area contributed by atoms with Crippen molar-refractivity contribution in [2.75, 3.05) is 23.3 Å². The van der Waals surface area contributed by atoms with E-state index in [1.807, 2.05) is 36.5 Å². The molecule has 0 aliphatic carbocycles. The van der Waals surface area contributed by atoms with Gasteiger partial charge in [0.25, 0.3) is 0 Å². The Labute approximate surface area is 189 Å². The number of nitrogens with two attached hydrogens (primary N) is 1. The van der Waals surface area contributed by atoms with Crippen LogP contribution in [0.1, 0.15) is 18.4 Å². The van der Waals surface area contributed by atoms with Crippen LogP contribution in [0.15, 0.2) is 65.8 Å². The van der Waals surface area contributed by atoms with E-state index in [1.165, 1.54) is 12.8 Å². The number of carbonyl (C=O) groups excluding carboxylic acids is 1. The van der Waals surface area contributed by atoms with Gasteiger partial charge in [0.1, 0.15) is 0 Å². The maximum Gasteiger partial charge on any atom is 0.228 e. The third-order valence-corrected chi connectivity index (χ3v) is 6.44. The number of rotatable bonds is 6. The summed E-state index contributed by atoms with van der Waals surface area (Å²) in [4.78, 5) is 19.6. The highest BCUT2D eigenvalue weighted by Crippen LogP contribution is 2.32. The molecule has 4 rings (SSSR count). The van der Waals surface area contributed by atoms with Gasteiger partial charge in [0, 0.05) is 47.2 Å². The zero-order valence-electron chi connectivity index (χ0n) is 16.9. The Morgan fingerprint density at radius 2 is 1.94 bits per heavy atom. The van der Waals surface area contributed by atoms with Gasteiger partial charge in [0.05, 0.1) is 29.7 Å². The fourth-order valence-electron chi connectivity index (χ4n) is 3.75. The second kappa shape index (κ2) is 9.70. The highest BCUT2D eigenvalue weighted by atomic mass is 35.5. The lowest BCUT2D eigenvalue weighted by Gasteiger charge is -2.18. The number of nitrogens with one attached hydrogen (secondary N) is 1. The first-order valence-electron chi connectivity index (χ1n) is 10.0. The van der Waals surface area contributed by atoms with Crippen molar-refractivity contribution in [3.8, 4) is 11.1 Å². The summed E-state index contributed by atoms with van der Waals surface area (Å²) in [6.07, 6.45) is 6.07. The minimum absolute atomic E-state index is 0.143. The van der Waals surface area contributed by atoms with Gasteiger partial charge < -0.3 is 14.8 Å². The van der Waals surface area contributed by atoms with Crippen molar-refractivity contribution in [2.45, 2.75) is 24.2 Å². The molecule has 1 aromatic heterocycles. The van der Waals surface area contributed by atoms with E-state index in [9.17, 15) is 9.35 Å². The fourth-order valence-corrected chi connectivity index (χ4v) is 4.60. The Balaban J connectivity index is 1.56. The summed E-state index contributed by atoms with van der Waals surface area (Å²) in [5.74, 6) is -0.215. The van der Waals surface area contributed by atoms with Gasteiger partial charge in [0.2, 0.25) is 5.91 Å². The molecule has 1 aliphatic heterocycles. The molecule has 6 nitrogen and oxygen atoms in total. The van der Waals surface area contributed by atoms with Crippen LogP contribution in [-0.4, -0.2) is 28.5 Å². The number of hydrogen-bond acceptors (Lipinski definition) is 5.